The molecule has 0 aliphatic heterocycles. The van der Waals surface area contributed by atoms with Crippen LogP contribution in [0, 0.1) is 0 Å². The van der Waals surface area contributed by atoms with E-state index in [1.165, 1.54) is 11.3 Å². The highest BCUT2D eigenvalue weighted by molar-refractivity contribution is 7.13. The molecule has 0 bridgehead atoms. The number of nitrogens with one attached hydrogen (secondary N) is 1. The van der Waals surface area contributed by atoms with E-state index in [1.54, 1.807) is 26.2 Å². The summed E-state index contributed by atoms with van der Waals surface area (Å²) in [6.07, 6.45) is 1.60. The number of anilines is 1. The first-order chi connectivity index (χ1) is 12.5. The standard InChI is InChI=1S/C18H26N4O3S/c1-12(15-8-7-14(24-3)10-16(15)25-4)22(2)18(23)20-9-5-6-13-11-26-17(19)21-13/h7-8,10-12H,5-6,9H2,1-4H3,(H2,19,21)(H,20,23). The zero-order valence-corrected chi connectivity index (χ0v) is 16.4. The first-order valence-electron chi connectivity index (χ1n) is 8.38. The lowest BCUT2D eigenvalue weighted by atomic mass is 10.1. The predicted molar refractivity (Wildman–Crippen MR) is 104 cm³/mol. The maximum atomic E-state index is 12.4. The van der Waals surface area contributed by atoms with Crippen LogP contribution in [0.1, 0.15) is 30.6 Å². The molecular weight excluding hydrogens is 352 g/mol. The molecule has 0 aliphatic carbocycles. The van der Waals surface area contributed by atoms with Crippen LogP contribution in [0.3, 0.4) is 0 Å². The van der Waals surface area contributed by atoms with E-state index >= 15 is 0 Å². The van der Waals surface area contributed by atoms with Crippen molar-refractivity contribution in [1.29, 1.82) is 0 Å². The number of nitrogens with two attached hydrogens (primary N) is 1. The van der Waals surface area contributed by atoms with E-state index in [9.17, 15) is 4.79 Å². The Bertz CT molecular complexity index is 735. The lowest BCUT2D eigenvalue weighted by Gasteiger charge is -2.27. The third-order valence-corrected chi connectivity index (χ3v) is 4.97. The van der Waals surface area contributed by atoms with Crippen molar-refractivity contribution in [1.82, 2.24) is 15.2 Å². The molecule has 2 amide bonds. The molecule has 2 rings (SSSR count). The van der Waals surface area contributed by atoms with Crippen molar-refractivity contribution in [2.75, 3.05) is 33.5 Å². The van der Waals surface area contributed by atoms with Gasteiger partial charge in [-0.3, -0.25) is 0 Å². The Morgan fingerprint density at radius 2 is 2.15 bits per heavy atom. The lowest BCUT2D eigenvalue weighted by molar-refractivity contribution is 0.193. The SMILES string of the molecule is COc1ccc(C(C)N(C)C(=O)NCCCc2csc(N)n2)c(OC)c1. The molecule has 8 heteroatoms. The van der Waals surface area contributed by atoms with Gasteiger partial charge in [-0.05, 0) is 31.9 Å². The van der Waals surface area contributed by atoms with Crippen molar-refractivity contribution in [3.8, 4) is 11.5 Å². The van der Waals surface area contributed by atoms with E-state index in [2.05, 4.69) is 10.3 Å². The summed E-state index contributed by atoms with van der Waals surface area (Å²) in [6, 6.07) is 5.32. The van der Waals surface area contributed by atoms with Gasteiger partial charge in [0, 0.05) is 30.6 Å². The van der Waals surface area contributed by atoms with Gasteiger partial charge in [0.05, 0.1) is 26.0 Å². The number of methoxy groups -OCH3 is 2. The average Bonchev–Trinajstić information content (AvgIpc) is 3.08. The van der Waals surface area contributed by atoms with Gasteiger partial charge < -0.3 is 25.4 Å². The average molecular weight is 378 g/mol. The molecule has 1 aromatic carbocycles. The van der Waals surface area contributed by atoms with E-state index < -0.39 is 0 Å². The molecule has 7 nitrogen and oxygen atoms in total. The van der Waals surface area contributed by atoms with E-state index in [-0.39, 0.29) is 12.1 Å². The number of hydrogen-bond acceptors (Lipinski definition) is 6. The van der Waals surface area contributed by atoms with Crippen LogP contribution in [0.25, 0.3) is 0 Å². The second-order valence-electron chi connectivity index (χ2n) is 5.91. The third-order valence-electron chi connectivity index (χ3n) is 4.25. The molecule has 26 heavy (non-hydrogen) atoms. The molecule has 0 fully saturated rings. The maximum absolute atomic E-state index is 12.4. The Kier molecular flexibility index (Phi) is 7.08. The second kappa shape index (κ2) is 9.28. The highest BCUT2D eigenvalue weighted by atomic mass is 32.1. The fourth-order valence-corrected chi connectivity index (χ4v) is 3.17. The number of nitrogen functional groups attached to an aromatic ring is 1. The van der Waals surface area contributed by atoms with Gasteiger partial charge in [0.15, 0.2) is 5.13 Å². The number of thiazole rings is 1. The molecule has 2 aromatic rings. The molecule has 0 saturated carbocycles. The Morgan fingerprint density at radius 1 is 1.38 bits per heavy atom. The van der Waals surface area contributed by atoms with Gasteiger partial charge in [-0.1, -0.05) is 0 Å². The molecule has 1 heterocycles. The van der Waals surface area contributed by atoms with Gasteiger partial charge in [0.1, 0.15) is 11.5 Å². The summed E-state index contributed by atoms with van der Waals surface area (Å²) < 4.78 is 10.7. The quantitative estimate of drug-likeness (QED) is 0.689. The molecule has 1 aromatic heterocycles. The van der Waals surface area contributed by atoms with Gasteiger partial charge in [-0.25, -0.2) is 9.78 Å². The van der Waals surface area contributed by atoms with Crippen LogP contribution in [0.15, 0.2) is 23.6 Å². The molecule has 0 spiro atoms. The van der Waals surface area contributed by atoms with Crippen molar-refractivity contribution in [3.63, 3.8) is 0 Å². The van der Waals surface area contributed by atoms with Crippen LogP contribution in [-0.4, -0.2) is 43.7 Å². The fraction of sp³-hybridized carbons (Fsp3) is 0.444. The Balaban J connectivity index is 1.88. The Morgan fingerprint density at radius 3 is 2.77 bits per heavy atom. The van der Waals surface area contributed by atoms with Gasteiger partial charge in [-0.2, -0.15) is 0 Å². The number of hydrogen-bond donors (Lipinski definition) is 2. The van der Waals surface area contributed by atoms with Crippen molar-refractivity contribution in [3.05, 3.63) is 34.8 Å². The monoisotopic (exact) mass is 378 g/mol. The number of rotatable bonds is 8. The predicted octanol–water partition coefficient (Wildman–Crippen LogP) is 3.08. The summed E-state index contributed by atoms with van der Waals surface area (Å²) in [5, 5.41) is 5.46. The smallest absolute Gasteiger partial charge is 0.317 e. The van der Waals surface area contributed by atoms with Crippen molar-refractivity contribution >= 4 is 22.5 Å². The van der Waals surface area contributed by atoms with Crippen LogP contribution in [0.4, 0.5) is 9.93 Å². The first-order valence-corrected chi connectivity index (χ1v) is 9.26. The number of carbonyl (C=O) groups excluding carboxylic acids is 1. The molecule has 0 radical (unpaired) electrons. The van der Waals surface area contributed by atoms with Crippen molar-refractivity contribution in [2.24, 2.45) is 0 Å². The first kappa shape index (κ1) is 19.8. The van der Waals surface area contributed by atoms with E-state index in [0.29, 0.717) is 23.2 Å². The van der Waals surface area contributed by atoms with Crippen LogP contribution >= 0.6 is 11.3 Å². The summed E-state index contributed by atoms with van der Waals surface area (Å²) >= 11 is 1.43. The number of aromatic nitrogens is 1. The van der Waals surface area contributed by atoms with E-state index in [4.69, 9.17) is 15.2 Å². The van der Waals surface area contributed by atoms with E-state index in [1.807, 2.05) is 30.5 Å². The van der Waals surface area contributed by atoms with E-state index in [0.717, 1.165) is 24.1 Å². The van der Waals surface area contributed by atoms with Gasteiger partial charge in [0.2, 0.25) is 0 Å². The number of amides is 2. The largest absolute Gasteiger partial charge is 0.497 e. The number of nitrogens with zero attached hydrogens (tertiary/aromatic N) is 2. The van der Waals surface area contributed by atoms with Gasteiger partial charge in [0.25, 0.3) is 0 Å². The normalized spacial score (nSPS) is 11.7. The molecule has 3 N–H and O–H groups in total. The van der Waals surface area contributed by atoms with Gasteiger partial charge in [-0.15, -0.1) is 11.3 Å². The number of benzene rings is 1. The number of aryl methyl sites for hydroxylation is 1. The summed E-state index contributed by atoms with van der Waals surface area (Å²) in [5.41, 5.74) is 7.50. The molecule has 142 valence electrons. The Labute approximate surface area is 158 Å². The Hall–Kier alpha value is -2.48. The minimum Gasteiger partial charge on any atom is -0.497 e. The molecular formula is C18H26N4O3S. The van der Waals surface area contributed by atoms with Crippen LogP contribution in [-0.2, 0) is 6.42 Å². The highest BCUT2D eigenvalue weighted by Gasteiger charge is 2.20. The molecule has 1 atom stereocenters. The van der Waals surface area contributed by atoms with Gasteiger partial charge >= 0.3 is 6.03 Å². The number of ether oxygens (including phenoxy) is 2. The molecule has 1 unspecified atom stereocenters. The summed E-state index contributed by atoms with van der Waals surface area (Å²) in [5.74, 6) is 1.41. The summed E-state index contributed by atoms with van der Waals surface area (Å²) in [7, 11) is 4.98. The zero-order chi connectivity index (χ0) is 19.1. The zero-order valence-electron chi connectivity index (χ0n) is 15.6. The summed E-state index contributed by atoms with van der Waals surface area (Å²) in [4.78, 5) is 18.3. The van der Waals surface area contributed by atoms with Crippen molar-refractivity contribution < 1.29 is 14.3 Å². The molecule has 0 saturated heterocycles. The number of carbonyl (C=O) groups is 1. The lowest BCUT2D eigenvalue weighted by Crippen LogP contribution is -2.39. The topological polar surface area (TPSA) is 89.7 Å². The summed E-state index contributed by atoms with van der Waals surface area (Å²) in [6.45, 7) is 2.54. The number of urea groups is 1. The van der Waals surface area contributed by atoms with Crippen molar-refractivity contribution in [2.45, 2.75) is 25.8 Å². The fourth-order valence-electron chi connectivity index (χ4n) is 2.58. The highest BCUT2D eigenvalue weighted by Crippen LogP contribution is 2.31. The second-order valence-corrected chi connectivity index (χ2v) is 6.80. The minimum atomic E-state index is -0.144. The van der Waals surface area contributed by atoms with Crippen LogP contribution in [0.5, 0.6) is 11.5 Å². The van der Waals surface area contributed by atoms with Crippen LogP contribution < -0.4 is 20.5 Å². The maximum Gasteiger partial charge on any atom is 0.317 e. The third kappa shape index (κ3) is 5.01. The van der Waals surface area contributed by atoms with Crippen LogP contribution in [0.2, 0.25) is 0 Å². The molecule has 0 aliphatic rings. The minimum absolute atomic E-state index is 0.131.